The third kappa shape index (κ3) is 4.59. The highest BCUT2D eigenvalue weighted by Crippen LogP contribution is 2.15. The number of hydrogen-bond donors (Lipinski definition) is 1. The molecule has 6 heteroatoms. The number of amides is 2. The second kappa shape index (κ2) is 7.98. The van der Waals surface area contributed by atoms with Crippen LogP contribution in [0.3, 0.4) is 0 Å². The quantitative estimate of drug-likeness (QED) is 0.904. The summed E-state index contributed by atoms with van der Waals surface area (Å²) in [5.41, 5.74) is 0. The molecule has 2 rings (SSSR count). The lowest BCUT2D eigenvalue weighted by Crippen LogP contribution is -2.53. The average Bonchev–Trinajstić information content (AvgIpc) is 2.54. The number of rotatable bonds is 5. The normalized spacial score (nSPS) is 17.1. The maximum atomic E-state index is 13.4. The van der Waals surface area contributed by atoms with Gasteiger partial charge in [0.15, 0.2) is 11.6 Å². The van der Waals surface area contributed by atoms with Crippen LogP contribution in [0.1, 0.15) is 13.8 Å². The van der Waals surface area contributed by atoms with E-state index in [-0.39, 0.29) is 24.4 Å². The zero-order valence-corrected chi connectivity index (χ0v) is 13.2. The number of carbonyl (C=O) groups excluding carboxylic acids is 1. The predicted octanol–water partition coefficient (Wildman–Crippen LogP) is 1.94. The summed E-state index contributed by atoms with van der Waals surface area (Å²) in [4.78, 5) is 16.3. The molecule has 0 spiro atoms. The number of benzene rings is 1. The largest absolute Gasteiger partial charge is 0.488 e. The van der Waals surface area contributed by atoms with Crippen LogP contribution in [-0.2, 0) is 0 Å². The Labute approximate surface area is 131 Å². The van der Waals surface area contributed by atoms with Crippen molar-refractivity contribution in [1.82, 2.24) is 15.1 Å². The lowest BCUT2D eigenvalue weighted by atomic mass is 10.3. The van der Waals surface area contributed by atoms with Gasteiger partial charge in [0.1, 0.15) is 6.61 Å². The molecule has 122 valence electrons. The first kappa shape index (κ1) is 16.5. The molecule has 1 saturated heterocycles. The van der Waals surface area contributed by atoms with Crippen molar-refractivity contribution < 1.29 is 13.9 Å². The highest BCUT2D eigenvalue weighted by atomic mass is 19.1. The smallest absolute Gasteiger partial charge is 0.317 e. The molecule has 0 saturated carbocycles. The Morgan fingerprint density at radius 2 is 2.00 bits per heavy atom. The molecule has 1 aromatic rings. The lowest BCUT2D eigenvalue weighted by Gasteiger charge is -2.34. The first-order valence-electron chi connectivity index (χ1n) is 7.75. The second-order valence-corrected chi connectivity index (χ2v) is 5.51. The van der Waals surface area contributed by atoms with E-state index in [1.807, 2.05) is 11.8 Å². The number of urea groups is 1. The minimum Gasteiger partial charge on any atom is -0.488 e. The number of para-hydroxylation sites is 1. The van der Waals surface area contributed by atoms with Gasteiger partial charge >= 0.3 is 6.03 Å². The van der Waals surface area contributed by atoms with Crippen LogP contribution in [0.15, 0.2) is 24.3 Å². The summed E-state index contributed by atoms with van der Waals surface area (Å²) in [7, 11) is 0. The number of likely N-dealkylation sites (N-methyl/N-ethyl adjacent to an activating group) is 1. The van der Waals surface area contributed by atoms with Crippen molar-refractivity contribution >= 4 is 6.03 Å². The van der Waals surface area contributed by atoms with Gasteiger partial charge < -0.3 is 19.9 Å². The maximum Gasteiger partial charge on any atom is 0.317 e. The minimum atomic E-state index is -0.392. The number of piperazine rings is 1. The van der Waals surface area contributed by atoms with E-state index in [1.165, 1.54) is 6.07 Å². The number of ether oxygens (including phenoxy) is 1. The molecule has 1 aromatic carbocycles. The van der Waals surface area contributed by atoms with Gasteiger partial charge in [-0.2, -0.15) is 0 Å². The molecule has 5 nitrogen and oxygen atoms in total. The van der Waals surface area contributed by atoms with E-state index in [0.717, 1.165) is 32.7 Å². The Morgan fingerprint density at radius 1 is 1.32 bits per heavy atom. The molecule has 1 atom stereocenters. The molecular formula is C16H24FN3O2. The molecule has 0 radical (unpaired) electrons. The highest BCUT2D eigenvalue weighted by molar-refractivity contribution is 5.74. The van der Waals surface area contributed by atoms with Crippen LogP contribution in [0.5, 0.6) is 5.75 Å². The van der Waals surface area contributed by atoms with Crippen LogP contribution < -0.4 is 10.1 Å². The van der Waals surface area contributed by atoms with E-state index in [1.54, 1.807) is 18.2 Å². The van der Waals surface area contributed by atoms with Gasteiger partial charge in [-0.1, -0.05) is 19.1 Å². The van der Waals surface area contributed by atoms with Crippen LogP contribution in [-0.4, -0.2) is 61.2 Å². The fraction of sp³-hybridized carbons (Fsp3) is 0.562. The number of hydrogen-bond acceptors (Lipinski definition) is 3. The Hall–Kier alpha value is -1.82. The number of nitrogens with one attached hydrogen (secondary N) is 1. The monoisotopic (exact) mass is 309 g/mol. The molecule has 1 heterocycles. The molecule has 1 N–H and O–H groups in total. The van der Waals surface area contributed by atoms with Crippen LogP contribution in [0.25, 0.3) is 0 Å². The summed E-state index contributed by atoms with van der Waals surface area (Å²) in [6, 6.07) is 5.99. The first-order chi connectivity index (χ1) is 10.6. The number of nitrogens with zero attached hydrogens (tertiary/aromatic N) is 2. The zero-order chi connectivity index (χ0) is 15.9. The number of halogens is 1. The molecule has 0 aliphatic carbocycles. The standard InChI is InChI=1S/C16H24FN3O2/c1-3-19-8-10-20(11-9-19)16(21)18-13(2)12-22-15-7-5-4-6-14(15)17/h4-7,13H,3,8-12H2,1-2H3,(H,18,21). The molecule has 2 amide bonds. The van der Waals surface area contributed by atoms with E-state index in [0.29, 0.717) is 0 Å². The van der Waals surface area contributed by atoms with Crippen molar-refractivity contribution in [2.75, 3.05) is 39.3 Å². The van der Waals surface area contributed by atoms with Gasteiger partial charge in [-0.05, 0) is 25.6 Å². The van der Waals surface area contributed by atoms with Crippen LogP contribution in [0, 0.1) is 5.82 Å². The lowest BCUT2D eigenvalue weighted by molar-refractivity contribution is 0.138. The van der Waals surface area contributed by atoms with Crippen LogP contribution in [0.4, 0.5) is 9.18 Å². The van der Waals surface area contributed by atoms with Gasteiger partial charge in [0.25, 0.3) is 0 Å². The summed E-state index contributed by atoms with van der Waals surface area (Å²) >= 11 is 0. The molecule has 1 fully saturated rings. The molecular weight excluding hydrogens is 285 g/mol. The van der Waals surface area contributed by atoms with Crippen molar-refractivity contribution in [3.05, 3.63) is 30.1 Å². The van der Waals surface area contributed by atoms with Gasteiger partial charge in [0, 0.05) is 26.2 Å². The van der Waals surface area contributed by atoms with Crippen molar-refractivity contribution in [2.24, 2.45) is 0 Å². The summed E-state index contributed by atoms with van der Waals surface area (Å²) < 4.78 is 18.8. The highest BCUT2D eigenvalue weighted by Gasteiger charge is 2.21. The third-order valence-corrected chi connectivity index (χ3v) is 3.80. The molecule has 22 heavy (non-hydrogen) atoms. The fourth-order valence-electron chi connectivity index (χ4n) is 2.39. The van der Waals surface area contributed by atoms with E-state index < -0.39 is 5.82 Å². The molecule has 1 aliphatic heterocycles. The van der Waals surface area contributed by atoms with E-state index in [2.05, 4.69) is 17.1 Å². The minimum absolute atomic E-state index is 0.0830. The zero-order valence-electron chi connectivity index (χ0n) is 13.2. The predicted molar refractivity (Wildman–Crippen MR) is 83.6 cm³/mol. The maximum absolute atomic E-state index is 13.4. The van der Waals surface area contributed by atoms with Gasteiger partial charge in [-0.15, -0.1) is 0 Å². The summed E-state index contributed by atoms with van der Waals surface area (Å²) in [5, 5.41) is 2.89. The number of carbonyl (C=O) groups is 1. The second-order valence-electron chi connectivity index (χ2n) is 5.51. The topological polar surface area (TPSA) is 44.8 Å². The summed E-state index contributed by atoms with van der Waals surface area (Å²) in [6.07, 6.45) is 0. The van der Waals surface area contributed by atoms with Gasteiger partial charge in [0.2, 0.25) is 0 Å². The Balaban J connectivity index is 1.74. The first-order valence-corrected chi connectivity index (χ1v) is 7.75. The summed E-state index contributed by atoms with van der Waals surface area (Å²) in [5.74, 6) is -0.183. The molecule has 1 unspecified atom stereocenters. The summed E-state index contributed by atoms with van der Waals surface area (Å²) in [6.45, 7) is 8.51. The van der Waals surface area contributed by atoms with E-state index >= 15 is 0 Å². The van der Waals surface area contributed by atoms with Crippen molar-refractivity contribution in [2.45, 2.75) is 19.9 Å². The van der Waals surface area contributed by atoms with Crippen molar-refractivity contribution in [3.8, 4) is 5.75 Å². The van der Waals surface area contributed by atoms with Gasteiger partial charge in [-0.3, -0.25) is 0 Å². The van der Waals surface area contributed by atoms with Gasteiger partial charge in [0.05, 0.1) is 6.04 Å². The fourth-order valence-corrected chi connectivity index (χ4v) is 2.39. The molecule has 1 aliphatic rings. The average molecular weight is 309 g/mol. The Kier molecular flexibility index (Phi) is 6.00. The van der Waals surface area contributed by atoms with Crippen LogP contribution in [0.2, 0.25) is 0 Å². The molecule has 0 aromatic heterocycles. The SMILES string of the molecule is CCN1CCN(C(=O)NC(C)COc2ccccc2F)CC1. The van der Waals surface area contributed by atoms with Crippen molar-refractivity contribution in [1.29, 1.82) is 0 Å². The van der Waals surface area contributed by atoms with Gasteiger partial charge in [-0.25, -0.2) is 9.18 Å². The Bertz CT molecular complexity index is 490. The van der Waals surface area contributed by atoms with E-state index in [4.69, 9.17) is 4.74 Å². The molecule has 0 bridgehead atoms. The Morgan fingerprint density at radius 3 is 2.64 bits per heavy atom. The van der Waals surface area contributed by atoms with E-state index in [9.17, 15) is 9.18 Å². The van der Waals surface area contributed by atoms with Crippen molar-refractivity contribution in [3.63, 3.8) is 0 Å². The third-order valence-electron chi connectivity index (χ3n) is 3.80. The van der Waals surface area contributed by atoms with Crippen LogP contribution >= 0.6 is 0 Å².